The second-order valence-electron chi connectivity index (χ2n) is 6.91. The SMILES string of the molecule is O=C(NCc1ccc(F)cc1)C1CCN(C(=O)CCOc2ccccc2)CC1. The molecule has 1 aliphatic rings. The van der Waals surface area contributed by atoms with Crippen molar-refractivity contribution in [1.29, 1.82) is 0 Å². The van der Waals surface area contributed by atoms with E-state index < -0.39 is 0 Å². The molecule has 2 aromatic rings. The van der Waals surface area contributed by atoms with E-state index in [0.29, 0.717) is 45.5 Å². The third-order valence-corrected chi connectivity index (χ3v) is 4.93. The standard InChI is InChI=1S/C22H25FN2O3/c23-19-8-6-17(7-9-19)16-24-22(27)18-10-13-25(14-11-18)21(26)12-15-28-20-4-2-1-3-5-20/h1-9,18H,10-16H2,(H,24,27). The Morgan fingerprint density at radius 3 is 2.39 bits per heavy atom. The number of rotatable bonds is 7. The van der Waals surface area contributed by atoms with Crippen LogP contribution in [0.4, 0.5) is 4.39 Å². The Labute approximate surface area is 164 Å². The molecule has 0 spiro atoms. The number of nitrogens with one attached hydrogen (secondary N) is 1. The van der Waals surface area contributed by atoms with Crippen molar-refractivity contribution < 1.29 is 18.7 Å². The Hall–Kier alpha value is -2.89. The minimum absolute atomic E-state index is 0.0103. The summed E-state index contributed by atoms with van der Waals surface area (Å²) in [5.74, 6) is 0.420. The van der Waals surface area contributed by atoms with Crippen molar-refractivity contribution in [3.05, 3.63) is 66.0 Å². The number of carbonyl (C=O) groups excluding carboxylic acids is 2. The van der Waals surface area contributed by atoms with E-state index in [4.69, 9.17) is 4.74 Å². The van der Waals surface area contributed by atoms with E-state index in [-0.39, 0.29) is 23.5 Å². The van der Waals surface area contributed by atoms with Gasteiger partial charge in [-0.15, -0.1) is 0 Å². The number of benzene rings is 2. The number of ether oxygens (including phenoxy) is 1. The van der Waals surface area contributed by atoms with Crippen LogP contribution in [-0.4, -0.2) is 36.4 Å². The molecule has 148 valence electrons. The van der Waals surface area contributed by atoms with Gasteiger partial charge in [-0.1, -0.05) is 30.3 Å². The number of amides is 2. The Balaban J connectivity index is 1.35. The first kappa shape index (κ1) is 19.9. The van der Waals surface area contributed by atoms with Crippen LogP contribution in [0.25, 0.3) is 0 Å². The monoisotopic (exact) mass is 384 g/mol. The summed E-state index contributed by atoms with van der Waals surface area (Å²) in [4.78, 5) is 26.5. The van der Waals surface area contributed by atoms with Gasteiger partial charge in [-0.05, 0) is 42.7 Å². The molecule has 1 fully saturated rings. The molecule has 2 aromatic carbocycles. The van der Waals surface area contributed by atoms with Crippen molar-refractivity contribution in [2.75, 3.05) is 19.7 Å². The van der Waals surface area contributed by atoms with Crippen molar-refractivity contribution in [2.45, 2.75) is 25.8 Å². The van der Waals surface area contributed by atoms with E-state index in [1.54, 1.807) is 17.0 Å². The molecule has 0 bridgehead atoms. The minimum Gasteiger partial charge on any atom is -0.493 e. The van der Waals surface area contributed by atoms with Crippen molar-refractivity contribution in [3.8, 4) is 5.75 Å². The molecular weight excluding hydrogens is 359 g/mol. The molecule has 1 N–H and O–H groups in total. The topological polar surface area (TPSA) is 58.6 Å². The first-order valence-corrected chi connectivity index (χ1v) is 9.59. The quantitative estimate of drug-likeness (QED) is 0.798. The van der Waals surface area contributed by atoms with Crippen LogP contribution >= 0.6 is 0 Å². The van der Waals surface area contributed by atoms with Crippen molar-refractivity contribution >= 4 is 11.8 Å². The summed E-state index contributed by atoms with van der Waals surface area (Å²) in [6.07, 6.45) is 1.64. The second kappa shape index (κ2) is 9.88. The van der Waals surface area contributed by atoms with Gasteiger partial charge in [0.1, 0.15) is 11.6 Å². The van der Waals surface area contributed by atoms with Crippen LogP contribution in [0.3, 0.4) is 0 Å². The average Bonchev–Trinajstić information content (AvgIpc) is 2.74. The summed E-state index contributed by atoms with van der Waals surface area (Å²) >= 11 is 0. The molecule has 3 rings (SSSR count). The van der Waals surface area contributed by atoms with E-state index in [0.717, 1.165) is 11.3 Å². The molecule has 0 saturated carbocycles. The zero-order chi connectivity index (χ0) is 19.8. The van der Waals surface area contributed by atoms with E-state index in [1.807, 2.05) is 30.3 Å². The lowest BCUT2D eigenvalue weighted by molar-refractivity contribution is -0.136. The van der Waals surface area contributed by atoms with Crippen LogP contribution < -0.4 is 10.1 Å². The molecule has 0 aromatic heterocycles. The van der Waals surface area contributed by atoms with Gasteiger partial charge in [0.2, 0.25) is 11.8 Å². The largest absolute Gasteiger partial charge is 0.493 e. The highest BCUT2D eigenvalue weighted by Gasteiger charge is 2.27. The molecule has 0 radical (unpaired) electrons. The van der Waals surface area contributed by atoms with E-state index in [9.17, 15) is 14.0 Å². The highest BCUT2D eigenvalue weighted by atomic mass is 19.1. The Morgan fingerprint density at radius 1 is 1.04 bits per heavy atom. The lowest BCUT2D eigenvalue weighted by atomic mass is 9.95. The molecule has 28 heavy (non-hydrogen) atoms. The number of nitrogens with zero attached hydrogens (tertiary/aromatic N) is 1. The van der Waals surface area contributed by atoms with E-state index in [1.165, 1.54) is 12.1 Å². The van der Waals surface area contributed by atoms with Crippen LogP contribution in [-0.2, 0) is 16.1 Å². The maximum absolute atomic E-state index is 12.9. The summed E-state index contributed by atoms with van der Waals surface area (Å²) in [5.41, 5.74) is 0.862. The molecule has 6 heteroatoms. The van der Waals surface area contributed by atoms with Crippen LogP contribution in [0.1, 0.15) is 24.8 Å². The minimum atomic E-state index is -0.290. The van der Waals surface area contributed by atoms with Gasteiger partial charge in [0.05, 0.1) is 13.0 Å². The van der Waals surface area contributed by atoms with E-state index >= 15 is 0 Å². The maximum Gasteiger partial charge on any atom is 0.225 e. The Morgan fingerprint density at radius 2 is 1.71 bits per heavy atom. The summed E-state index contributed by atoms with van der Waals surface area (Å²) in [6.45, 7) is 1.90. The van der Waals surface area contributed by atoms with Gasteiger partial charge < -0.3 is 15.0 Å². The number of hydrogen-bond donors (Lipinski definition) is 1. The normalized spacial score (nSPS) is 14.5. The third-order valence-electron chi connectivity index (χ3n) is 4.93. The molecule has 1 aliphatic heterocycles. The Bertz CT molecular complexity index is 772. The molecule has 5 nitrogen and oxygen atoms in total. The Kier molecular flexibility index (Phi) is 7.00. The number of carbonyl (C=O) groups is 2. The predicted molar refractivity (Wildman–Crippen MR) is 104 cm³/mol. The first-order chi connectivity index (χ1) is 13.6. The second-order valence-corrected chi connectivity index (χ2v) is 6.91. The summed E-state index contributed by atoms with van der Waals surface area (Å²) in [6, 6.07) is 15.5. The van der Waals surface area contributed by atoms with Gasteiger partial charge in [-0.3, -0.25) is 9.59 Å². The smallest absolute Gasteiger partial charge is 0.225 e. The molecule has 1 saturated heterocycles. The van der Waals surface area contributed by atoms with Crippen molar-refractivity contribution in [2.24, 2.45) is 5.92 Å². The zero-order valence-corrected chi connectivity index (χ0v) is 15.8. The third kappa shape index (κ3) is 5.81. The summed E-state index contributed by atoms with van der Waals surface area (Å²) in [7, 11) is 0. The van der Waals surface area contributed by atoms with Crippen molar-refractivity contribution in [1.82, 2.24) is 10.2 Å². The molecule has 2 amide bonds. The molecular formula is C22H25FN2O3. The van der Waals surface area contributed by atoms with Crippen LogP contribution in [0, 0.1) is 11.7 Å². The highest BCUT2D eigenvalue weighted by molar-refractivity contribution is 5.80. The molecule has 1 heterocycles. The van der Waals surface area contributed by atoms with Gasteiger partial charge in [0.15, 0.2) is 0 Å². The maximum atomic E-state index is 12.9. The van der Waals surface area contributed by atoms with Crippen LogP contribution in [0.2, 0.25) is 0 Å². The first-order valence-electron chi connectivity index (χ1n) is 9.59. The van der Waals surface area contributed by atoms with Gasteiger partial charge in [0, 0.05) is 25.6 Å². The van der Waals surface area contributed by atoms with E-state index in [2.05, 4.69) is 5.32 Å². The van der Waals surface area contributed by atoms with Gasteiger partial charge >= 0.3 is 0 Å². The lowest BCUT2D eigenvalue weighted by Crippen LogP contribution is -2.43. The summed E-state index contributed by atoms with van der Waals surface area (Å²) < 4.78 is 18.5. The van der Waals surface area contributed by atoms with Gasteiger partial charge in [-0.25, -0.2) is 4.39 Å². The number of para-hydroxylation sites is 1. The molecule has 0 atom stereocenters. The fourth-order valence-corrected chi connectivity index (χ4v) is 3.26. The number of piperidine rings is 1. The molecule has 0 unspecified atom stereocenters. The number of hydrogen-bond acceptors (Lipinski definition) is 3. The fourth-order valence-electron chi connectivity index (χ4n) is 3.26. The van der Waals surface area contributed by atoms with Crippen molar-refractivity contribution in [3.63, 3.8) is 0 Å². The lowest BCUT2D eigenvalue weighted by Gasteiger charge is -2.31. The number of halogens is 1. The number of likely N-dealkylation sites (tertiary alicyclic amines) is 1. The fraction of sp³-hybridized carbons (Fsp3) is 0.364. The average molecular weight is 384 g/mol. The molecule has 0 aliphatic carbocycles. The van der Waals surface area contributed by atoms with Gasteiger partial charge in [0.25, 0.3) is 0 Å². The van der Waals surface area contributed by atoms with Crippen LogP contribution in [0.15, 0.2) is 54.6 Å². The van der Waals surface area contributed by atoms with Gasteiger partial charge in [-0.2, -0.15) is 0 Å². The summed E-state index contributed by atoms with van der Waals surface area (Å²) in [5, 5.41) is 2.90. The van der Waals surface area contributed by atoms with Crippen LogP contribution in [0.5, 0.6) is 5.75 Å². The predicted octanol–water partition coefficient (Wildman–Crippen LogP) is 3.15. The zero-order valence-electron chi connectivity index (χ0n) is 15.8. The highest BCUT2D eigenvalue weighted by Crippen LogP contribution is 2.18.